The monoisotopic (exact) mass is 423 g/mol. The van der Waals surface area contributed by atoms with E-state index in [9.17, 15) is 21.6 Å². The average Bonchev–Trinajstić information content (AvgIpc) is 2.98. The quantitative estimate of drug-likeness (QED) is 0.603. The van der Waals surface area contributed by atoms with Gasteiger partial charge in [0.1, 0.15) is 0 Å². The first-order valence-corrected chi connectivity index (χ1v) is 11.4. The van der Waals surface area contributed by atoms with Crippen LogP contribution in [0.2, 0.25) is 0 Å². The zero-order valence-corrected chi connectivity index (χ0v) is 17.1. The largest absolute Gasteiger partial charge is 0.299 e. The average molecular weight is 423 g/mol. The third-order valence-electron chi connectivity index (χ3n) is 3.88. The molecule has 3 aromatic rings. The van der Waals surface area contributed by atoms with Crippen LogP contribution in [0.3, 0.4) is 0 Å². The fraction of sp³-hybridized carbons (Fsp3) is 0.250. The van der Waals surface area contributed by atoms with Crippen molar-refractivity contribution in [2.24, 2.45) is 0 Å². The normalized spacial score (nSPS) is 12.3. The van der Waals surface area contributed by atoms with E-state index in [1.807, 2.05) is 0 Å². The minimum absolute atomic E-state index is 0.0829. The van der Waals surface area contributed by atoms with E-state index in [1.165, 1.54) is 29.6 Å². The molecule has 12 heteroatoms. The first-order valence-electron chi connectivity index (χ1n) is 7.98. The summed E-state index contributed by atoms with van der Waals surface area (Å²) >= 11 is 0. The smallest absolute Gasteiger partial charge is 0.294 e. The Kier molecular flexibility index (Phi) is 4.71. The number of hydrogen-bond donors (Lipinski definition) is 1. The Bertz CT molecular complexity index is 1330. The van der Waals surface area contributed by atoms with Crippen LogP contribution in [-0.2, 0) is 19.9 Å². The summed E-state index contributed by atoms with van der Waals surface area (Å²) in [7, 11) is -8.21. The highest BCUT2D eigenvalue weighted by molar-refractivity contribution is 7.93. The van der Waals surface area contributed by atoms with E-state index in [0.29, 0.717) is 11.4 Å². The molecule has 28 heavy (non-hydrogen) atoms. The van der Waals surface area contributed by atoms with Gasteiger partial charge in [-0.25, -0.2) is 17.9 Å². The lowest BCUT2D eigenvalue weighted by atomic mass is 10.1. The summed E-state index contributed by atoms with van der Waals surface area (Å²) in [5.74, 6) is -0.416. The van der Waals surface area contributed by atoms with Crippen LogP contribution in [0.15, 0.2) is 34.3 Å². The number of ketones is 1. The van der Waals surface area contributed by atoms with Crippen LogP contribution >= 0.6 is 0 Å². The van der Waals surface area contributed by atoms with Crippen LogP contribution in [0.1, 0.15) is 28.7 Å². The van der Waals surface area contributed by atoms with Crippen molar-refractivity contribution in [3.05, 3.63) is 41.2 Å². The van der Waals surface area contributed by atoms with Crippen LogP contribution in [0.25, 0.3) is 5.78 Å². The van der Waals surface area contributed by atoms with Crippen molar-refractivity contribution < 1.29 is 21.6 Å². The molecule has 0 aliphatic rings. The summed E-state index contributed by atoms with van der Waals surface area (Å²) in [6.45, 7) is 4.65. The molecule has 10 nitrogen and oxygen atoms in total. The molecule has 148 valence electrons. The lowest BCUT2D eigenvalue weighted by Crippen LogP contribution is -2.19. The van der Waals surface area contributed by atoms with Crippen LogP contribution < -0.4 is 4.72 Å². The summed E-state index contributed by atoms with van der Waals surface area (Å²) in [5.41, 5.74) is 0.839. The Labute approximate surface area is 161 Å². The molecule has 0 saturated carbocycles. The maximum atomic E-state index is 12.8. The lowest BCUT2D eigenvalue weighted by molar-refractivity contribution is 0.101. The van der Waals surface area contributed by atoms with Crippen LogP contribution in [0, 0.1) is 13.8 Å². The van der Waals surface area contributed by atoms with E-state index in [2.05, 4.69) is 19.8 Å². The first-order chi connectivity index (χ1) is 12.9. The standard InChI is InChI=1S/C16H17N5O5S2/c1-9-8-10(2)21-15(17-9)18-16(19-21)28(25,26)20-14-12(11(3)22)6-5-7-13(14)27(4,23)24/h5-8,20H,1-4H3. The lowest BCUT2D eigenvalue weighted by Gasteiger charge is -2.13. The van der Waals surface area contributed by atoms with Gasteiger partial charge in [0.15, 0.2) is 15.6 Å². The van der Waals surface area contributed by atoms with E-state index in [1.54, 1.807) is 19.9 Å². The van der Waals surface area contributed by atoms with Crippen LogP contribution in [0.4, 0.5) is 5.69 Å². The van der Waals surface area contributed by atoms with E-state index in [-0.39, 0.29) is 21.9 Å². The van der Waals surface area contributed by atoms with E-state index in [0.717, 1.165) is 6.26 Å². The number of fused-ring (bicyclic) bond motifs is 1. The number of Topliss-reactive ketones (excluding diaryl/α,β-unsaturated/α-hetero) is 1. The number of para-hydroxylation sites is 1. The van der Waals surface area contributed by atoms with Crippen LogP contribution in [0.5, 0.6) is 0 Å². The van der Waals surface area contributed by atoms with E-state index >= 15 is 0 Å². The second kappa shape index (κ2) is 6.63. The molecule has 0 unspecified atom stereocenters. The zero-order chi connectivity index (χ0) is 20.9. The Balaban J connectivity index is 2.18. The van der Waals surface area contributed by atoms with Crippen molar-refractivity contribution >= 4 is 37.1 Å². The van der Waals surface area contributed by atoms with E-state index in [4.69, 9.17) is 0 Å². The van der Waals surface area contributed by atoms with Gasteiger partial charge in [0, 0.05) is 23.2 Å². The topological polar surface area (TPSA) is 140 Å². The first kappa shape index (κ1) is 19.9. The minimum Gasteiger partial charge on any atom is -0.294 e. The Morgan fingerprint density at radius 3 is 2.39 bits per heavy atom. The van der Waals surface area contributed by atoms with Crippen molar-refractivity contribution in [1.29, 1.82) is 0 Å². The number of carbonyl (C=O) groups is 1. The van der Waals surface area contributed by atoms with E-state index < -0.39 is 30.8 Å². The number of sulfonamides is 1. The molecule has 0 fully saturated rings. The number of nitrogens with one attached hydrogen (secondary N) is 1. The highest BCUT2D eigenvalue weighted by Crippen LogP contribution is 2.28. The second-order valence-electron chi connectivity index (χ2n) is 6.26. The number of nitrogens with zero attached hydrogens (tertiary/aromatic N) is 4. The number of rotatable bonds is 5. The fourth-order valence-corrected chi connectivity index (χ4v) is 4.57. The molecule has 0 radical (unpaired) electrons. The minimum atomic E-state index is -4.39. The van der Waals surface area contributed by atoms with Gasteiger partial charge in [-0.15, -0.1) is 5.10 Å². The Morgan fingerprint density at radius 2 is 1.79 bits per heavy atom. The third-order valence-corrected chi connectivity index (χ3v) is 6.15. The molecule has 0 aliphatic heterocycles. The fourth-order valence-electron chi connectivity index (χ4n) is 2.68. The van der Waals surface area contributed by atoms with Gasteiger partial charge in [-0.1, -0.05) is 6.07 Å². The molecule has 1 N–H and O–H groups in total. The number of benzene rings is 1. The van der Waals surface area contributed by atoms with Gasteiger partial charge in [0.2, 0.25) is 0 Å². The molecular formula is C16H17N5O5S2. The molecule has 2 heterocycles. The highest BCUT2D eigenvalue weighted by atomic mass is 32.2. The predicted octanol–water partition coefficient (Wildman–Crippen LogP) is 1.15. The SMILES string of the molecule is CC(=O)c1cccc(S(C)(=O)=O)c1NS(=O)(=O)c1nc2nc(C)cc(C)n2n1. The van der Waals surface area contributed by atoms with Gasteiger partial charge < -0.3 is 0 Å². The summed E-state index contributed by atoms with van der Waals surface area (Å²) < 4.78 is 53.3. The van der Waals surface area contributed by atoms with Crippen molar-refractivity contribution in [3.8, 4) is 0 Å². The summed E-state index contributed by atoms with van der Waals surface area (Å²) in [6, 6.07) is 5.62. The molecular weight excluding hydrogens is 406 g/mol. The summed E-state index contributed by atoms with van der Waals surface area (Å²) in [4.78, 5) is 19.6. The highest BCUT2D eigenvalue weighted by Gasteiger charge is 2.27. The van der Waals surface area contributed by atoms with Crippen LogP contribution in [-0.4, -0.2) is 48.5 Å². The van der Waals surface area contributed by atoms with Gasteiger partial charge >= 0.3 is 0 Å². The molecule has 3 rings (SSSR count). The molecule has 0 spiro atoms. The Hall–Kier alpha value is -2.86. The van der Waals surface area contributed by atoms with Gasteiger partial charge in [-0.05, 0) is 39.0 Å². The molecule has 0 bridgehead atoms. The number of sulfone groups is 1. The molecule has 0 atom stereocenters. The molecule has 1 aromatic carbocycles. The number of carbonyl (C=O) groups excluding carboxylic acids is 1. The maximum Gasteiger partial charge on any atom is 0.299 e. The number of anilines is 1. The summed E-state index contributed by atoms with van der Waals surface area (Å²) in [5, 5.41) is 3.35. The molecule has 0 saturated heterocycles. The molecule has 0 aliphatic carbocycles. The van der Waals surface area contributed by atoms with Crippen molar-refractivity contribution in [2.75, 3.05) is 11.0 Å². The van der Waals surface area contributed by atoms with Crippen molar-refractivity contribution in [3.63, 3.8) is 0 Å². The number of aromatic nitrogens is 4. The Morgan fingerprint density at radius 1 is 1.11 bits per heavy atom. The van der Waals surface area contributed by atoms with Gasteiger partial charge in [0.25, 0.3) is 21.0 Å². The summed E-state index contributed by atoms with van der Waals surface area (Å²) in [6.07, 6.45) is 0.920. The predicted molar refractivity (Wildman–Crippen MR) is 101 cm³/mol. The molecule has 0 amide bonds. The molecule has 2 aromatic heterocycles. The number of hydrogen-bond acceptors (Lipinski definition) is 8. The second-order valence-corrected chi connectivity index (χ2v) is 9.82. The zero-order valence-electron chi connectivity index (χ0n) is 15.5. The van der Waals surface area contributed by atoms with Gasteiger partial charge in [-0.3, -0.25) is 9.52 Å². The van der Waals surface area contributed by atoms with Crippen molar-refractivity contribution in [1.82, 2.24) is 19.6 Å². The van der Waals surface area contributed by atoms with Gasteiger partial charge in [-0.2, -0.15) is 13.4 Å². The van der Waals surface area contributed by atoms with Crippen molar-refractivity contribution in [2.45, 2.75) is 30.8 Å². The number of aryl methyl sites for hydroxylation is 2. The third kappa shape index (κ3) is 3.60. The van der Waals surface area contributed by atoms with Gasteiger partial charge in [0.05, 0.1) is 10.6 Å². The maximum absolute atomic E-state index is 12.8.